The summed E-state index contributed by atoms with van der Waals surface area (Å²) in [5, 5.41) is 16.3. The summed E-state index contributed by atoms with van der Waals surface area (Å²) in [5.41, 5.74) is 14.5. The highest BCUT2D eigenvalue weighted by Gasteiger charge is 2.54. The molecular formula is C60H32N8O. The first-order valence-electron chi connectivity index (χ1n) is 22.7. The van der Waals surface area contributed by atoms with E-state index in [1.54, 1.807) is 0 Å². The Morgan fingerprint density at radius 3 is 1.94 bits per heavy atom. The highest BCUT2D eigenvalue weighted by molar-refractivity contribution is 6.12. The third-order valence-corrected chi connectivity index (χ3v) is 14.5. The number of fused-ring (bicyclic) bond motifs is 18. The molecular weight excluding hydrogens is 849 g/mol. The molecule has 1 aliphatic carbocycles. The molecule has 2 aliphatic rings. The molecule has 0 saturated carbocycles. The monoisotopic (exact) mass is 880 g/mol. The average Bonchev–Trinajstić information content (AvgIpc) is 4.12. The molecule has 0 bridgehead atoms. The maximum absolute atomic E-state index is 9.96. The summed E-state index contributed by atoms with van der Waals surface area (Å²) >= 11 is 0. The van der Waals surface area contributed by atoms with Crippen molar-refractivity contribution in [3.63, 3.8) is 0 Å². The number of ether oxygens (including phenoxy) is 1. The first-order chi connectivity index (χ1) is 34.1. The molecule has 7 aromatic carbocycles. The van der Waals surface area contributed by atoms with Crippen molar-refractivity contribution in [2.45, 2.75) is 5.41 Å². The molecule has 9 heteroatoms. The minimum absolute atomic E-state index is 0.534. The highest BCUT2D eigenvalue weighted by Crippen LogP contribution is 2.63. The second-order valence-electron chi connectivity index (χ2n) is 17.8. The topological polar surface area (TPSA) is 90.8 Å². The van der Waals surface area contributed by atoms with E-state index in [0.717, 1.165) is 105 Å². The number of hydrogen-bond donors (Lipinski definition) is 0. The summed E-state index contributed by atoms with van der Waals surface area (Å²) in [6.45, 7) is 7.82. The third kappa shape index (κ3) is 4.82. The fraction of sp³-hybridized carbons (Fsp3) is 0.0167. The van der Waals surface area contributed by atoms with Gasteiger partial charge in [-0.05, 0) is 95.9 Å². The van der Waals surface area contributed by atoms with E-state index >= 15 is 0 Å². The number of nitrogens with zero attached hydrogens (tertiary/aromatic N) is 8. The highest BCUT2D eigenvalue weighted by atomic mass is 16.5. The second kappa shape index (κ2) is 13.6. The van der Waals surface area contributed by atoms with Crippen LogP contribution in [-0.2, 0) is 5.41 Å². The molecule has 69 heavy (non-hydrogen) atoms. The number of benzene rings is 7. The van der Waals surface area contributed by atoms with Gasteiger partial charge < -0.3 is 18.4 Å². The zero-order chi connectivity index (χ0) is 45.5. The Morgan fingerprint density at radius 1 is 0.493 bits per heavy atom. The van der Waals surface area contributed by atoms with Crippen LogP contribution in [0.4, 0.5) is 5.69 Å². The van der Waals surface area contributed by atoms with E-state index < -0.39 is 5.41 Å². The SMILES string of the molecule is [C-]#[N+]c1ccc2c(c1)c1cc(C#N)ccc1n2-c1ccc2c(c1)Oc1cccc(-n3c4ccccc4c4ccncc43)c1C21c2cccnc2-c2ncc(-n3c4ccccc4c4ccccc43)cc21. The van der Waals surface area contributed by atoms with Crippen molar-refractivity contribution in [1.82, 2.24) is 28.7 Å². The molecule has 318 valence electrons. The number of hydrogen-bond acceptors (Lipinski definition) is 5. The van der Waals surface area contributed by atoms with Crippen LogP contribution in [0.2, 0.25) is 0 Å². The summed E-state index contributed by atoms with van der Waals surface area (Å²) < 4.78 is 14.2. The van der Waals surface area contributed by atoms with Crippen LogP contribution in [0.1, 0.15) is 27.8 Å². The number of nitriles is 1. The van der Waals surface area contributed by atoms with Crippen LogP contribution in [0, 0.1) is 17.9 Å². The maximum Gasteiger partial charge on any atom is 0.188 e. The Hall–Kier alpha value is -9.83. The van der Waals surface area contributed by atoms with Gasteiger partial charge in [-0.1, -0.05) is 78.9 Å². The van der Waals surface area contributed by atoms with Gasteiger partial charge in [-0.15, -0.1) is 0 Å². The lowest BCUT2D eigenvalue weighted by Crippen LogP contribution is -2.34. The zero-order valence-electron chi connectivity index (χ0n) is 36.5. The van der Waals surface area contributed by atoms with E-state index in [2.05, 4.69) is 157 Å². The quantitative estimate of drug-likeness (QED) is 0.165. The Labute approximate surface area is 393 Å². The van der Waals surface area contributed by atoms with Crippen LogP contribution in [0.5, 0.6) is 11.5 Å². The van der Waals surface area contributed by atoms with Crippen molar-refractivity contribution >= 4 is 71.1 Å². The second-order valence-corrected chi connectivity index (χ2v) is 17.8. The van der Waals surface area contributed by atoms with Gasteiger partial charge in [-0.2, -0.15) is 5.26 Å². The normalized spacial score (nSPS) is 14.5. The van der Waals surface area contributed by atoms with Gasteiger partial charge in [-0.25, -0.2) is 4.85 Å². The fourth-order valence-corrected chi connectivity index (χ4v) is 11.8. The lowest BCUT2D eigenvalue weighted by Gasteiger charge is -2.40. The van der Waals surface area contributed by atoms with Gasteiger partial charge in [0.25, 0.3) is 0 Å². The third-order valence-electron chi connectivity index (χ3n) is 14.5. The van der Waals surface area contributed by atoms with Crippen LogP contribution in [-0.4, -0.2) is 28.7 Å². The van der Waals surface area contributed by atoms with Gasteiger partial charge in [0.05, 0.1) is 91.9 Å². The van der Waals surface area contributed by atoms with Crippen LogP contribution in [0.15, 0.2) is 195 Å². The van der Waals surface area contributed by atoms with Gasteiger partial charge in [0.2, 0.25) is 0 Å². The molecule has 7 heterocycles. The van der Waals surface area contributed by atoms with E-state index in [1.165, 1.54) is 10.8 Å². The minimum atomic E-state index is -0.994. The predicted molar refractivity (Wildman–Crippen MR) is 271 cm³/mol. The number of aromatic nitrogens is 6. The predicted octanol–water partition coefficient (Wildman–Crippen LogP) is 14.1. The lowest BCUT2D eigenvalue weighted by molar-refractivity contribution is 0.435. The molecule has 1 spiro atoms. The van der Waals surface area contributed by atoms with Crippen molar-refractivity contribution < 1.29 is 4.74 Å². The van der Waals surface area contributed by atoms with E-state index in [4.69, 9.17) is 21.3 Å². The first kappa shape index (κ1) is 37.4. The number of pyridine rings is 3. The summed E-state index contributed by atoms with van der Waals surface area (Å²) in [6, 6.07) is 61.0. The smallest absolute Gasteiger partial charge is 0.188 e. The molecule has 9 nitrogen and oxygen atoms in total. The van der Waals surface area contributed by atoms with Crippen molar-refractivity contribution in [2.24, 2.45) is 0 Å². The molecule has 0 fully saturated rings. The molecule has 15 rings (SSSR count). The Balaban J connectivity index is 1.07. The van der Waals surface area contributed by atoms with Crippen molar-refractivity contribution in [3.8, 4) is 46.0 Å². The Bertz CT molecular complexity index is 4340. The standard InChI is InChI=1S/C60H32N8O/c1-62-36-20-24-52-44(29-36)43-28-35(32-61)19-23-51(43)66(52)37-21-22-45-56(31-37)69-55-18-8-17-53(68-50-16-7-4-12-41(50)42-25-27-63-34-54(42)68)57(55)60(45)46-13-9-26-64-58(46)59-47(60)30-38(33-65-59)67-48-14-5-2-10-39(48)40-11-3-6-15-49(40)67/h2-31,33-34H. The van der Waals surface area contributed by atoms with Gasteiger partial charge in [0.1, 0.15) is 11.5 Å². The summed E-state index contributed by atoms with van der Waals surface area (Å²) in [6.07, 6.45) is 7.66. The van der Waals surface area contributed by atoms with Gasteiger partial charge >= 0.3 is 0 Å². The van der Waals surface area contributed by atoms with Crippen molar-refractivity contribution in [2.75, 3.05) is 0 Å². The van der Waals surface area contributed by atoms with Crippen LogP contribution >= 0.6 is 0 Å². The Morgan fingerprint density at radius 2 is 1.17 bits per heavy atom. The summed E-state index contributed by atoms with van der Waals surface area (Å²) in [4.78, 5) is 19.0. The van der Waals surface area contributed by atoms with Gasteiger partial charge in [0, 0.05) is 67.8 Å². The molecule has 1 atom stereocenters. The lowest BCUT2D eigenvalue weighted by atomic mass is 9.65. The minimum Gasteiger partial charge on any atom is -0.457 e. The van der Waals surface area contributed by atoms with E-state index in [-0.39, 0.29) is 0 Å². The maximum atomic E-state index is 9.96. The van der Waals surface area contributed by atoms with E-state index in [1.807, 2.05) is 67.3 Å². The molecule has 13 aromatic rings. The average molecular weight is 881 g/mol. The summed E-state index contributed by atoms with van der Waals surface area (Å²) in [5.74, 6) is 1.40. The molecule has 0 amide bonds. The zero-order valence-corrected chi connectivity index (χ0v) is 36.5. The molecule has 0 N–H and O–H groups in total. The van der Waals surface area contributed by atoms with Crippen molar-refractivity contribution in [1.29, 1.82) is 5.26 Å². The van der Waals surface area contributed by atoms with Crippen molar-refractivity contribution in [3.05, 3.63) is 234 Å². The summed E-state index contributed by atoms with van der Waals surface area (Å²) in [7, 11) is 0. The molecule has 0 saturated heterocycles. The van der Waals surface area contributed by atoms with Gasteiger partial charge in [0.15, 0.2) is 5.69 Å². The largest absolute Gasteiger partial charge is 0.457 e. The fourth-order valence-electron chi connectivity index (χ4n) is 11.8. The molecule has 1 aliphatic heterocycles. The molecule has 0 radical (unpaired) electrons. The number of para-hydroxylation sites is 3. The van der Waals surface area contributed by atoms with E-state index in [0.29, 0.717) is 22.7 Å². The molecule has 1 unspecified atom stereocenters. The first-order valence-corrected chi connectivity index (χ1v) is 22.7. The number of rotatable bonds is 3. The van der Waals surface area contributed by atoms with E-state index in [9.17, 15) is 5.26 Å². The van der Waals surface area contributed by atoms with Crippen LogP contribution in [0.3, 0.4) is 0 Å². The Kier molecular flexibility index (Phi) is 7.38. The van der Waals surface area contributed by atoms with Crippen LogP contribution in [0.25, 0.3) is 98.7 Å². The van der Waals surface area contributed by atoms with Gasteiger partial charge in [-0.3, -0.25) is 15.0 Å². The van der Waals surface area contributed by atoms with Crippen LogP contribution < -0.4 is 4.74 Å². The molecule has 6 aromatic heterocycles.